The Morgan fingerprint density at radius 3 is 2.69 bits per heavy atom. The molecule has 0 aliphatic heterocycles. The predicted molar refractivity (Wildman–Crippen MR) is 69.1 cm³/mol. The van der Waals surface area contributed by atoms with Crippen LogP contribution in [0.15, 0.2) is 29.6 Å². The average molecular weight is 253 g/mol. The minimum absolute atomic E-state index is 0.661. The maximum atomic E-state index is 5.83. The molecule has 0 unspecified atom stereocenters. The predicted octanol–water partition coefficient (Wildman–Crippen LogP) is 2.89. The number of thiazole rings is 1. The van der Waals surface area contributed by atoms with E-state index in [0.717, 1.165) is 28.6 Å². The summed E-state index contributed by atoms with van der Waals surface area (Å²) in [6.45, 7) is 0.661. The summed E-state index contributed by atoms with van der Waals surface area (Å²) in [6.07, 6.45) is 1.73. The number of aromatic nitrogens is 1. The lowest BCUT2D eigenvalue weighted by molar-refractivity contribution is 0.936. The Bertz CT molecular complexity index is 450. The topological polar surface area (TPSA) is 38.9 Å². The summed E-state index contributed by atoms with van der Waals surface area (Å²) in [7, 11) is 0. The normalized spacial score (nSPS) is 10.6. The smallest absolute Gasteiger partial charge is 0.0940 e. The van der Waals surface area contributed by atoms with Crippen molar-refractivity contribution in [3.05, 3.63) is 50.9 Å². The van der Waals surface area contributed by atoms with Crippen LogP contribution >= 0.6 is 22.9 Å². The first-order valence-corrected chi connectivity index (χ1v) is 6.41. The van der Waals surface area contributed by atoms with Crippen LogP contribution in [0.25, 0.3) is 0 Å². The van der Waals surface area contributed by atoms with Crippen molar-refractivity contribution >= 4 is 22.9 Å². The Morgan fingerprint density at radius 1 is 1.25 bits per heavy atom. The van der Waals surface area contributed by atoms with Gasteiger partial charge >= 0.3 is 0 Å². The summed E-state index contributed by atoms with van der Waals surface area (Å²) < 4.78 is 0. The molecular formula is C12H13ClN2S. The molecule has 0 fully saturated rings. The van der Waals surface area contributed by atoms with Crippen LogP contribution in [0.1, 0.15) is 16.3 Å². The number of nitrogens with zero attached hydrogens (tertiary/aromatic N) is 1. The first kappa shape index (κ1) is 11.6. The Kier molecular flexibility index (Phi) is 3.93. The van der Waals surface area contributed by atoms with Crippen molar-refractivity contribution < 1.29 is 0 Å². The van der Waals surface area contributed by atoms with Gasteiger partial charge in [-0.3, -0.25) is 0 Å². The third-order valence-electron chi connectivity index (χ3n) is 2.26. The lowest BCUT2D eigenvalue weighted by Gasteiger charge is -1.98. The van der Waals surface area contributed by atoms with Gasteiger partial charge < -0.3 is 5.73 Å². The highest BCUT2D eigenvalue weighted by atomic mass is 35.5. The van der Waals surface area contributed by atoms with Crippen molar-refractivity contribution in [1.82, 2.24) is 4.98 Å². The van der Waals surface area contributed by atoms with Gasteiger partial charge in [0.05, 0.1) is 10.7 Å². The molecule has 0 saturated heterocycles. The van der Waals surface area contributed by atoms with Crippen LogP contribution in [-0.4, -0.2) is 11.5 Å². The van der Waals surface area contributed by atoms with E-state index in [1.807, 2.05) is 24.3 Å². The van der Waals surface area contributed by atoms with Gasteiger partial charge in [0.1, 0.15) is 0 Å². The van der Waals surface area contributed by atoms with Crippen molar-refractivity contribution in [2.45, 2.75) is 12.8 Å². The molecule has 1 aromatic heterocycles. The quantitative estimate of drug-likeness (QED) is 0.909. The van der Waals surface area contributed by atoms with E-state index < -0.39 is 0 Å². The van der Waals surface area contributed by atoms with Crippen LogP contribution in [0, 0.1) is 0 Å². The number of halogens is 1. The highest BCUT2D eigenvalue weighted by molar-refractivity contribution is 7.09. The first-order valence-electron chi connectivity index (χ1n) is 5.15. The molecule has 16 heavy (non-hydrogen) atoms. The summed E-state index contributed by atoms with van der Waals surface area (Å²) in [5, 5.41) is 3.98. The molecule has 0 aliphatic rings. The molecule has 0 saturated carbocycles. The molecule has 0 bridgehead atoms. The van der Waals surface area contributed by atoms with Crippen LogP contribution in [0.3, 0.4) is 0 Å². The molecule has 0 atom stereocenters. The summed E-state index contributed by atoms with van der Waals surface area (Å²) in [5.41, 5.74) is 7.83. The van der Waals surface area contributed by atoms with Gasteiger partial charge in [-0.05, 0) is 24.2 Å². The monoisotopic (exact) mass is 252 g/mol. The summed E-state index contributed by atoms with van der Waals surface area (Å²) in [5.74, 6) is 0. The summed E-state index contributed by atoms with van der Waals surface area (Å²) in [4.78, 5) is 4.52. The maximum absolute atomic E-state index is 5.83. The summed E-state index contributed by atoms with van der Waals surface area (Å²) >= 11 is 7.51. The van der Waals surface area contributed by atoms with Crippen LogP contribution in [0.2, 0.25) is 5.02 Å². The Balaban J connectivity index is 2.05. The number of hydrogen-bond acceptors (Lipinski definition) is 3. The lowest BCUT2D eigenvalue weighted by Crippen LogP contribution is -2.02. The molecule has 2 aromatic rings. The molecule has 0 spiro atoms. The molecule has 2 nitrogen and oxygen atoms in total. The maximum Gasteiger partial charge on any atom is 0.0940 e. The fraction of sp³-hybridized carbons (Fsp3) is 0.250. The molecular weight excluding hydrogens is 240 g/mol. The zero-order valence-electron chi connectivity index (χ0n) is 8.82. The molecule has 0 aliphatic carbocycles. The van der Waals surface area contributed by atoms with E-state index in [1.165, 1.54) is 5.56 Å². The fourth-order valence-electron chi connectivity index (χ4n) is 1.48. The molecule has 0 amide bonds. The van der Waals surface area contributed by atoms with Crippen molar-refractivity contribution in [1.29, 1.82) is 0 Å². The SMILES string of the molecule is NCCc1nc(Cc2ccc(Cl)cc2)cs1. The van der Waals surface area contributed by atoms with Gasteiger partial charge in [0.25, 0.3) is 0 Å². The molecule has 84 valence electrons. The van der Waals surface area contributed by atoms with Crippen LogP contribution < -0.4 is 5.73 Å². The van der Waals surface area contributed by atoms with Crippen LogP contribution in [0.4, 0.5) is 0 Å². The largest absolute Gasteiger partial charge is 0.330 e. The Labute approximate surface area is 104 Å². The zero-order chi connectivity index (χ0) is 11.4. The molecule has 2 N–H and O–H groups in total. The molecule has 1 heterocycles. The van der Waals surface area contributed by atoms with Gasteiger partial charge in [0.15, 0.2) is 0 Å². The second-order valence-electron chi connectivity index (χ2n) is 3.57. The number of hydrogen-bond donors (Lipinski definition) is 1. The van der Waals surface area contributed by atoms with Crippen LogP contribution in [0.5, 0.6) is 0 Å². The Hall–Kier alpha value is -0.900. The van der Waals surface area contributed by atoms with Gasteiger partial charge in [0, 0.05) is 23.2 Å². The van der Waals surface area contributed by atoms with Gasteiger partial charge in [-0.2, -0.15) is 0 Å². The van der Waals surface area contributed by atoms with Gasteiger partial charge in [0.2, 0.25) is 0 Å². The van der Waals surface area contributed by atoms with Crippen molar-refractivity contribution in [2.24, 2.45) is 5.73 Å². The third-order valence-corrected chi connectivity index (χ3v) is 3.47. The van der Waals surface area contributed by atoms with Gasteiger partial charge in [-0.15, -0.1) is 11.3 Å². The second kappa shape index (κ2) is 5.43. The highest BCUT2D eigenvalue weighted by Gasteiger charge is 2.02. The van der Waals surface area contributed by atoms with E-state index in [-0.39, 0.29) is 0 Å². The standard InChI is InChI=1S/C12H13ClN2S/c13-10-3-1-9(2-4-10)7-11-8-16-12(15-11)5-6-14/h1-4,8H,5-7,14H2. The zero-order valence-corrected chi connectivity index (χ0v) is 10.4. The van der Waals surface area contributed by atoms with Crippen molar-refractivity contribution in [2.75, 3.05) is 6.54 Å². The van der Waals surface area contributed by atoms with E-state index in [1.54, 1.807) is 11.3 Å². The average Bonchev–Trinajstić information content (AvgIpc) is 2.70. The minimum Gasteiger partial charge on any atom is -0.330 e. The highest BCUT2D eigenvalue weighted by Crippen LogP contribution is 2.16. The number of rotatable bonds is 4. The van der Waals surface area contributed by atoms with E-state index in [2.05, 4.69) is 10.4 Å². The fourth-order valence-corrected chi connectivity index (χ4v) is 2.42. The van der Waals surface area contributed by atoms with E-state index in [0.29, 0.717) is 6.54 Å². The minimum atomic E-state index is 0.661. The summed E-state index contributed by atoms with van der Waals surface area (Å²) in [6, 6.07) is 7.88. The lowest BCUT2D eigenvalue weighted by atomic mass is 10.1. The van der Waals surface area contributed by atoms with Crippen molar-refractivity contribution in [3.8, 4) is 0 Å². The van der Waals surface area contributed by atoms with Gasteiger partial charge in [-0.1, -0.05) is 23.7 Å². The molecule has 1 aromatic carbocycles. The van der Waals surface area contributed by atoms with Crippen molar-refractivity contribution in [3.63, 3.8) is 0 Å². The third kappa shape index (κ3) is 3.04. The number of benzene rings is 1. The van der Waals surface area contributed by atoms with E-state index in [9.17, 15) is 0 Å². The first-order chi connectivity index (χ1) is 7.78. The molecule has 4 heteroatoms. The molecule has 2 rings (SSSR count). The van der Waals surface area contributed by atoms with E-state index in [4.69, 9.17) is 17.3 Å². The second-order valence-corrected chi connectivity index (χ2v) is 4.95. The van der Waals surface area contributed by atoms with Gasteiger partial charge in [-0.25, -0.2) is 4.98 Å². The van der Waals surface area contributed by atoms with Crippen LogP contribution in [-0.2, 0) is 12.8 Å². The number of nitrogens with two attached hydrogens (primary N) is 1. The molecule has 0 radical (unpaired) electrons. The Morgan fingerprint density at radius 2 is 2.00 bits per heavy atom. The van der Waals surface area contributed by atoms with E-state index >= 15 is 0 Å².